The van der Waals surface area contributed by atoms with Gasteiger partial charge in [-0.15, -0.1) is 10.2 Å². The maximum atomic E-state index is 12.0. The normalized spacial score (nSPS) is 19.4. The lowest BCUT2D eigenvalue weighted by molar-refractivity contribution is -0.118. The summed E-state index contributed by atoms with van der Waals surface area (Å²) in [6, 6.07) is 8.73. The number of carbonyl (C=O) groups excluding carboxylic acids is 1. The number of nitrogens with one attached hydrogen (secondary N) is 1. The summed E-state index contributed by atoms with van der Waals surface area (Å²) < 4.78 is 1.91. The summed E-state index contributed by atoms with van der Waals surface area (Å²) in [5.74, 6) is 1.55. The predicted molar refractivity (Wildman–Crippen MR) is 104 cm³/mol. The van der Waals surface area contributed by atoms with Gasteiger partial charge in [-0.05, 0) is 48.8 Å². The van der Waals surface area contributed by atoms with E-state index in [2.05, 4.69) is 53.6 Å². The Balaban J connectivity index is 1.48. The minimum Gasteiger partial charge on any atom is -0.355 e. The van der Waals surface area contributed by atoms with Gasteiger partial charge in [-0.25, -0.2) is 0 Å². The molecule has 1 amide bonds. The fourth-order valence-corrected chi connectivity index (χ4v) is 3.90. The number of hydrogen-bond acceptors (Lipinski definition) is 5. The van der Waals surface area contributed by atoms with Crippen LogP contribution >= 0.6 is 11.8 Å². The average molecular weight is 374 g/mol. The quantitative estimate of drug-likeness (QED) is 0.695. The second-order valence-corrected chi connectivity index (χ2v) is 8.20. The van der Waals surface area contributed by atoms with E-state index in [1.165, 1.54) is 17.3 Å². The van der Waals surface area contributed by atoms with Gasteiger partial charge >= 0.3 is 0 Å². The van der Waals surface area contributed by atoms with Crippen molar-refractivity contribution in [3.05, 3.63) is 36.2 Å². The van der Waals surface area contributed by atoms with Gasteiger partial charge < -0.3 is 11.1 Å². The second-order valence-electron chi connectivity index (χ2n) is 7.25. The first-order valence-corrected chi connectivity index (χ1v) is 10.2. The summed E-state index contributed by atoms with van der Waals surface area (Å²) in [5, 5.41) is 11.8. The van der Waals surface area contributed by atoms with Crippen LogP contribution in [0, 0.1) is 5.92 Å². The van der Waals surface area contributed by atoms with Gasteiger partial charge in [0.1, 0.15) is 6.33 Å². The van der Waals surface area contributed by atoms with Gasteiger partial charge in [0.15, 0.2) is 5.16 Å². The number of hydrogen-bond donors (Lipinski definition) is 2. The summed E-state index contributed by atoms with van der Waals surface area (Å²) in [6.45, 7) is 5.07. The number of benzene rings is 1. The topological polar surface area (TPSA) is 85.8 Å². The zero-order valence-corrected chi connectivity index (χ0v) is 16.2. The average Bonchev–Trinajstić information content (AvgIpc) is 3.07. The molecule has 0 saturated heterocycles. The molecule has 7 heteroatoms. The van der Waals surface area contributed by atoms with Crippen LogP contribution in [-0.4, -0.2) is 39.0 Å². The molecule has 0 bridgehead atoms. The van der Waals surface area contributed by atoms with Crippen molar-refractivity contribution in [2.45, 2.75) is 50.2 Å². The van der Waals surface area contributed by atoms with Crippen molar-refractivity contribution < 1.29 is 4.79 Å². The van der Waals surface area contributed by atoms with Crippen molar-refractivity contribution in [3.8, 4) is 5.69 Å². The molecule has 1 saturated carbocycles. The molecule has 140 valence electrons. The van der Waals surface area contributed by atoms with Crippen molar-refractivity contribution in [1.29, 1.82) is 0 Å². The predicted octanol–water partition coefficient (Wildman–Crippen LogP) is 2.73. The van der Waals surface area contributed by atoms with Gasteiger partial charge in [-0.2, -0.15) is 0 Å². The molecule has 3 N–H and O–H groups in total. The van der Waals surface area contributed by atoms with Crippen LogP contribution in [0.15, 0.2) is 35.7 Å². The fourth-order valence-electron chi connectivity index (χ4n) is 3.14. The van der Waals surface area contributed by atoms with Crippen LogP contribution in [0.5, 0.6) is 0 Å². The first-order chi connectivity index (χ1) is 12.5. The van der Waals surface area contributed by atoms with Gasteiger partial charge in [0, 0.05) is 18.3 Å². The molecule has 0 spiro atoms. The molecular formula is C19H27N5OS. The number of rotatable bonds is 8. The molecule has 6 nitrogen and oxygen atoms in total. The monoisotopic (exact) mass is 373 g/mol. The van der Waals surface area contributed by atoms with Crippen molar-refractivity contribution >= 4 is 17.7 Å². The Kier molecular flexibility index (Phi) is 6.32. The minimum atomic E-state index is 0.0309. The van der Waals surface area contributed by atoms with Crippen LogP contribution in [0.1, 0.15) is 44.6 Å². The highest BCUT2D eigenvalue weighted by Crippen LogP contribution is 2.28. The summed E-state index contributed by atoms with van der Waals surface area (Å²) in [7, 11) is 0. The zero-order chi connectivity index (χ0) is 18.5. The molecule has 0 atom stereocenters. The van der Waals surface area contributed by atoms with E-state index in [4.69, 9.17) is 5.73 Å². The van der Waals surface area contributed by atoms with Crippen LogP contribution < -0.4 is 11.1 Å². The number of carbonyl (C=O) groups is 1. The summed E-state index contributed by atoms with van der Waals surface area (Å²) in [4.78, 5) is 12.0. The van der Waals surface area contributed by atoms with E-state index in [9.17, 15) is 4.79 Å². The molecule has 0 unspecified atom stereocenters. The second kappa shape index (κ2) is 8.68. The van der Waals surface area contributed by atoms with Crippen LogP contribution in [0.4, 0.5) is 0 Å². The highest BCUT2D eigenvalue weighted by Gasteiger charge is 2.25. The third-order valence-corrected chi connectivity index (χ3v) is 5.78. The Morgan fingerprint density at radius 3 is 2.73 bits per heavy atom. The molecule has 1 aromatic carbocycles. The smallest absolute Gasteiger partial charge is 0.230 e. The van der Waals surface area contributed by atoms with Crippen LogP contribution in [0.3, 0.4) is 0 Å². The lowest BCUT2D eigenvalue weighted by atomic mass is 9.79. The lowest BCUT2D eigenvalue weighted by Gasteiger charge is -2.32. The standard InChI is InChI=1S/C19H27N5OS/c1-13(2)15-3-5-17(6-4-15)24-12-22-23-19(24)26-11-18(25)21-8-7-14-9-16(20)10-14/h3-6,12-14,16H,7-11,20H2,1-2H3,(H,21,25). The van der Waals surface area contributed by atoms with Crippen LogP contribution in [0.25, 0.3) is 5.69 Å². The van der Waals surface area contributed by atoms with Crippen molar-refractivity contribution in [3.63, 3.8) is 0 Å². The summed E-state index contributed by atoms with van der Waals surface area (Å²) in [5.41, 5.74) is 8.08. The maximum Gasteiger partial charge on any atom is 0.230 e. The largest absolute Gasteiger partial charge is 0.355 e. The molecule has 3 rings (SSSR count). The summed E-state index contributed by atoms with van der Waals surface area (Å²) >= 11 is 1.40. The highest BCUT2D eigenvalue weighted by molar-refractivity contribution is 7.99. The van der Waals surface area contributed by atoms with E-state index in [0.717, 1.165) is 36.7 Å². The maximum absolute atomic E-state index is 12.0. The van der Waals surface area contributed by atoms with Gasteiger partial charge in [0.2, 0.25) is 5.91 Å². The zero-order valence-electron chi connectivity index (χ0n) is 15.4. The van der Waals surface area contributed by atoms with Crippen molar-refractivity contribution in [1.82, 2.24) is 20.1 Å². The molecule has 0 aliphatic heterocycles. The van der Waals surface area contributed by atoms with Gasteiger partial charge in [0.05, 0.1) is 5.75 Å². The van der Waals surface area contributed by atoms with E-state index in [0.29, 0.717) is 23.6 Å². The molecule has 1 fully saturated rings. The number of nitrogens with zero attached hydrogens (tertiary/aromatic N) is 3. The first kappa shape index (κ1) is 18.9. The van der Waals surface area contributed by atoms with Crippen molar-refractivity contribution in [2.24, 2.45) is 11.7 Å². The Morgan fingerprint density at radius 1 is 1.35 bits per heavy atom. The molecule has 1 aromatic heterocycles. The third-order valence-electron chi connectivity index (χ3n) is 4.83. The Labute approximate surface area is 158 Å². The molecule has 0 radical (unpaired) electrons. The Morgan fingerprint density at radius 2 is 2.08 bits per heavy atom. The van der Waals surface area contributed by atoms with E-state index < -0.39 is 0 Å². The molecular weight excluding hydrogens is 346 g/mol. The fraction of sp³-hybridized carbons (Fsp3) is 0.526. The van der Waals surface area contributed by atoms with Crippen LogP contribution in [-0.2, 0) is 4.79 Å². The number of nitrogens with two attached hydrogens (primary N) is 1. The third kappa shape index (κ3) is 4.86. The molecule has 1 aliphatic rings. The van der Waals surface area contributed by atoms with E-state index in [-0.39, 0.29) is 5.91 Å². The van der Waals surface area contributed by atoms with Crippen molar-refractivity contribution in [2.75, 3.05) is 12.3 Å². The van der Waals surface area contributed by atoms with Gasteiger partial charge in [-0.3, -0.25) is 9.36 Å². The summed E-state index contributed by atoms with van der Waals surface area (Å²) in [6.07, 6.45) is 4.87. The highest BCUT2D eigenvalue weighted by atomic mass is 32.2. The van der Waals surface area contributed by atoms with Gasteiger partial charge in [0.25, 0.3) is 0 Å². The SMILES string of the molecule is CC(C)c1ccc(-n2cnnc2SCC(=O)NCCC2CC(N)C2)cc1. The minimum absolute atomic E-state index is 0.0309. The molecule has 26 heavy (non-hydrogen) atoms. The Hall–Kier alpha value is -1.86. The Bertz CT molecular complexity index is 722. The molecule has 1 heterocycles. The van der Waals surface area contributed by atoms with E-state index in [1.54, 1.807) is 6.33 Å². The molecule has 2 aromatic rings. The van der Waals surface area contributed by atoms with Gasteiger partial charge in [-0.1, -0.05) is 37.7 Å². The molecule has 1 aliphatic carbocycles. The van der Waals surface area contributed by atoms with E-state index in [1.807, 2.05) is 4.57 Å². The number of amides is 1. The number of thioether (sulfide) groups is 1. The van der Waals surface area contributed by atoms with Crippen LogP contribution in [0.2, 0.25) is 0 Å². The lowest BCUT2D eigenvalue weighted by Crippen LogP contribution is -2.38. The first-order valence-electron chi connectivity index (χ1n) is 9.18. The number of aromatic nitrogens is 3. The van der Waals surface area contributed by atoms with E-state index >= 15 is 0 Å².